The Bertz CT molecular complexity index is 1920. The third-order valence-corrected chi connectivity index (χ3v) is 7.15. The molecule has 1 aliphatic rings. The van der Waals surface area contributed by atoms with Gasteiger partial charge in [0.25, 0.3) is 5.56 Å². The van der Waals surface area contributed by atoms with Crippen LogP contribution < -0.4 is 20.9 Å². The lowest BCUT2D eigenvalue weighted by Crippen LogP contribution is -2.39. The third-order valence-electron chi connectivity index (χ3n) is 6.86. The van der Waals surface area contributed by atoms with Gasteiger partial charge in [-0.25, -0.2) is 27.5 Å². The number of rotatable bonds is 5. The van der Waals surface area contributed by atoms with Crippen LogP contribution in [0.3, 0.4) is 0 Å². The van der Waals surface area contributed by atoms with Crippen LogP contribution in [0.5, 0.6) is 5.88 Å². The Balaban J connectivity index is 1.71. The number of halogens is 4. The van der Waals surface area contributed by atoms with E-state index in [0.717, 1.165) is 27.3 Å². The minimum absolute atomic E-state index is 0.0164. The molecule has 10 nitrogen and oxygen atoms in total. The number of aromatic nitrogens is 5. The molecule has 1 aromatic carbocycles. The average molecular weight is 573 g/mol. The van der Waals surface area contributed by atoms with Gasteiger partial charge in [-0.15, -0.1) is 0 Å². The number of nitrogens with zero attached hydrogens (tertiary/aromatic N) is 6. The van der Waals surface area contributed by atoms with Gasteiger partial charge in [0.2, 0.25) is 5.88 Å². The normalized spacial score (nSPS) is 17.3. The van der Waals surface area contributed by atoms with E-state index in [-0.39, 0.29) is 57.9 Å². The van der Waals surface area contributed by atoms with Gasteiger partial charge < -0.3 is 14.4 Å². The molecule has 5 heterocycles. The van der Waals surface area contributed by atoms with Gasteiger partial charge in [-0.3, -0.25) is 13.8 Å². The van der Waals surface area contributed by atoms with Crippen molar-refractivity contribution in [1.82, 2.24) is 23.5 Å². The Hall–Kier alpha value is -4.36. The molecule has 0 spiro atoms. The van der Waals surface area contributed by atoms with Crippen molar-refractivity contribution < 1.29 is 22.6 Å². The standard InChI is InChI=1S/C26H20ClF3N6O4/c1-39-19-12-33(11-17(19)30)21-9-18-23(24(32-21)40-2)25(37)36(22-10-31-20-7-13(28)5-6-34(20)22)26(38)35(18)14-3-4-16(29)15(27)8-14/h3-10,17,19H,11-12H2,1-2H3/t17-,19+/m1/s1. The van der Waals surface area contributed by atoms with Crippen molar-refractivity contribution >= 4 is 34.0 Å². The van der Waals surface area contributed by atoms with Crippen molar-refractivity contribution in [3.63, 3.8) is 0 Å². The molecule has 0 unspecified atom stereocenters. The second-order valence-corrected chi connectivity index (χ2v) is 9.53. The quantitative estimate of drug-likeness (QED) is 0.319. The van der Waals surface area contributed by atoms with E-state index in [4.69, 9.17) is 21.1 Å². The monoisotopic (exact) mass is 572 g/mol. The first-order valence-corrected chi connectivity index (χ1v) is 12.4. The Kier molecular flexibility index (Phi) is 6.27. The van der Waals surface area contributed by atoms with Gasteiger partial charge in [-0.1, -0.05) is 11.6 Å². The summed E-state index contributed by atoms with van der Waals surface area (Å²) in [6.07, 6.45) is 0.582. The molecule has 4 aromatic heterocycles. The van der Waals surface area contributed by atoms with Crippen LogP contribution in [-0.2, 0) is 4.74 Å². The van der Waals surface area contributed by atoms with Crippen molar-refractivity contribution in [3.8, 4) is 17.4 Å². The maximum absolute atomic E-state index is 14.5. The number of ether oxygens (including phenoxy) is 2. The van der Waals surface area contributed by atoms with Crippen molar-refractivity contribution in [3.05, 3.63) is 86.3 Å². The molecule has 0 aliphatic carbocycles. The van der Waals surface area contributed by atoms with Gasteiger partial charge >= 0.3 is 5.69 Å². The lowest BCUT2D eigenvalue weighted by Gasteiger charge is -2.20. The largest absolute Gasteiger partial charge is 0.480 e. The number of pyridine rings is 2. The zero-order valence-corrected chi connectivity index (χ0v) is 21.8. The average Bonchev–Trinajstić information content (AvgIpc) is 3.52. The fourth-order valence-electron chi connectivity index (χ4n) is 4.91. The van der Waals surface area contributed by atoms with Crippen LogP contribution in [0.25, 0.3) is 28.1 Å². The molecule has 0 radical (unpaired) electrons. The first-order valence-electron chi connectivity index (χ1n) is 12.0. The Morgan fingerprint density at radius 3 is 2.55 bits per heavy atom. The molecular formula is C26H20ClF3N6O4. The highest BCUT2D eigenvalue weighted by Gasteiger charge is 2.34. The number of methoxy groups -OCH3 is 2. The summed E-state index contributed by atoms with van der Waals surface area (Å²) in [6, 6.07) is 7.39. The molecule has 14 heteroatoms. The highest BCUT2D eigenvalue weighted by atomic mass is 35.5. The van der Waals surface area contributed by atoms with E-state index in [1.165, 1.54) is 49.2 Å². The fourth-order valence-corrected chi connectivity index (χ4v) is 5.09. The van der Waals surface area contributed by atoms with E-state index < -0.39 is 35.2 Å². The van der Waals surface area contributed by atoms with E-state index in [1.807, 2.05) is 0 Å². The lowest BCUT2D eigenvalue weighted by molar-refractivity contribution is 0.0650. The van der Waals surface area contributed by atoms with Crippen LogP contribution in [0.15, 0.2) is 58.4 Å². The molecule has 6 rings (SSSR count). The smallest absolute Gasteiger partial charge is 0.342 e. The predicted octanol–water partition coefficient (Wildman–Crippen LogP) is 3.30. The van der Waals surface area contributed by atoms with Crippen LogP contribution in [0.2, 0.25) is 5.02 Å². The molecule has 206 valence electrons. The van der Waals surface area contributed by atoms with Crippen LogP contribution in [0.4, 0.5) is 19.0 Å². The summed E-state index contributed by atoms with van der Waals surface area (Å²) in [6.45, 7) is 0.129. The minimum atomic E-state index is -1.29. The summed E-state index contributed by atoms with van der Waals surface area (Å²) in [5.41, 5.74) is -1.31. The Labute approximate surface area is 228 Å². The molecule has 0 bridgehead atoms. The number of fused-ring (bicyclic) bond motifs is 2. The molecule has 0 saturated carbocycles. The van der Waals surface area contributed by atoms with E-state index in [1.54, 1.807) is 4.90 Å². The van der Waals surface area contributed by atoms with Gasteiger partial charge in [0.05, 0.1) is 36.1 Å². The molecule has 5 aromatic rings. The van der Waals surface area contributed by atoms with Gasteiger partial charge in [0.15, 0.2) is 0 Å². The molecule has 1 aliphatic heterocycles. The summed E-state index contributed by atoms with van der Waals surface area (Å²) < 4.78 is 56.5. The second kappa shape index (κ2) is 9.68. The lowest BCUT2D eigenvalue weighted by atomic mass is 10.2. The van der Waals surface area contributed by atoms with Crippen molar-refractivity contribution in [2.75, 3.05) is 32.2 Å². The van der Waals surface area contributed by atoms with Crippen molar-refractivity contribution in [2.45, 2.75) is 12.3 Å². The van der Waals surface area contributed by atoms with Crippen LogP contribution in [0, 0.1) is 11.6 Å². The topological polar surface area (TPSA) is 95.9 Å². The zero-order valence-electron chi connectivity index (χ0n) is 21.0. The maximum Gasteiger partial charge on any atom is 0.342 e. The van der Waals surface area contributed by atoms with Crippen LogP contribution in [0.1, 0.15) is 0 Å². The number of benzene rings is 1. The minimum Gasteiger partial charge on any atom is -0.480 e. The highest BCUT2D eigenvalue weighted by molar-refractivity contribution is 6.30. The summed E-state index contributed by atoms with van der Waals surface area (Å²) >= 11 is 6.06. The summed E-state index contributed by atoms with van der Waals surface area (Å²) in [5.74, 6) is -1.15. The molecule has 0 N–H and O–H groups in total. The summed E-state index contributed by atoms with van der Waals surface area (Å²) in [4.78, 5) is 38.3. The number of anilines is 1. The van der Waals surface area contributed by atoms with E-state index in [2.05, 4.69) is 9.97 Å². The van der Waals surface area contributed by atoms with Crippen LogP contribution >= 0.6 is 11.6 Å². The number of hydrogen-bond donors (Lipinski definition) is 0. The zero-order chi connectivity index (χ0) is 28.3. The maximum atomic E-state index is 14.5. The van der Waals surface area contributed by atoms with E-state index in [9.17, 15) is 22.8 Å². The summed E-state index contributed by atoms with van der Waals surface area (Å²) in [7, 11) is 2.71. The van der Waals surface area contributed by atoms with Gasteiger partial charge in [-0.05, 0) is 24.3 Å². The molecule has 1 fully saturated rings. The number of imidazole rings is 1. The molecular weight excluding hydrogens is 553 g/mol. The van der Waals surface area contributed by atoms with Gasteiger partial charge in [-0.2, -0.15) is 4.98 Å². The first kappa shape index (κ1) is 25.9. The Morgan fingerprint density at radius 1 is 1.05 bits per heavy atom. The predicted molar refractivity (Wildman–Crippen MR) is 141 cm³/mol. The van der Waals surface area contributed by atoms with Gasteiger partial charge in [0.1, 0.15) is 46.6 Å². The number of hydrogen-bond acceptors (Lipinski definition) is 7. The third kappa shape index (κ3) is 4.00. The molecule has 40 heavy (non-hydrogen) atoms. The second-order valence-electron chi connectivity index (χ2n) is 9.13. The van der Waals surface area contributed by atoms with E-state index in [0.29, 0.717) is 0 Å². The van der Waals surface area contributed by atoms with Gasteiger partial charge in [0, 0.05) is 32.0 Å². The number of alkyl halides is 1. The van der Waals surface area contributed by atoms with Crippen molar-refractivity contribution in [2.24, 2.45) is 0 Å². The fraction of sp³-hybridized carbons (Fsp3) is 0.231. The van der Waals surface area contributed by atoms with Crippen LogP contribution in [-0.4, -0.2) is 63.1 Å². The van der Waals surface area contributed by atoms with E-state index >= 15 is 0 Å². The first-order chi connectivity index (χ1) is 19.2. The molecule has 0 amide bonds. The molecule has 2 atom stereocenters. The molecule has 1 saturated heterocycles. The Morgan fingerprint density at radius 2 is 1.85 bits per heavy atom. The highest BCUT2D eigenvalue weighted by Crippen LogP contribution is 2.31. The SMILES string of the molecule is COc1nc(N2C[C@@H](F)[C@@H](OC)C2)cc2c1c(=O)n(-c1cnc3cc(F)ccn13)c(=O)n2-c1ccc(F)c(Cl)c1. The summed E-state index contributed by atoms with van der Waals surface area (Å²) in [5, 5.41) is -0.354. The van der Waals surface area contributed by atoms with Crippen molar-refractivity contribution in [1.29, 1.82) is 0 Å².